The first kappa shape index (κ1) is 12.6. The Kier molecular flexibility index (Phi) is 3.30. The molecule has 0 saturated heterocycles. The Balaban J connectivity index is 1.99. The molecule has 0 fully saturated rings. The molecule has 3 rings (SSSR count). The minimum atomic E-state index is 0.0872. The van der Waals surface area contributed by atoms with E-state index in [2.05, 4.69) is 15.1 Å². The number of benzene rings is 2. The van der Waals surface area contributed by atoms with Crippen LogP contribution < -0.4 is 5.73 Å². The fourth-order valence-corrected chi connectivity index (χ4v) is 2.85. The van der Waals surface area contributed by atoms with Gasteiger partial charge in [0.1, 0.15) is 0 Å². The molecule has 1 heterocycles. The van der Waals surface area contributed by atoms with Crippen LogP contribution in [-0.4, -0.2) is 21.0 Å². The van der Waals surface area contributed by atoms with Crippen LogP contribution in [0.25, 0.3) is 11.0 Å². The maximum absolute atomic E-state index is 8.82. The quantitative estimate of drug-likeness (QED) is 0.299. The van der Waals surface area contributed by atoms with E-state index in [4.69, 9.17) is 10.9 Å². The van der Waals surface area contributed by atoms with Crippen LogP contribution in [0.2, 0.25) is 0 Å². The lowest BCUT2D eigenvalue weighted by molar-refractivity contribution is 0.318. The number of nitrogens with two attached hydrogens (primary N) is 1. The number of imidazole rings is 1. The van der Waals surface area contributed by atoms with Crippen molar-refractivity contribution in [3.05, 3.63) is 54.1 Å². The van der Waals surface area contributed by atoms with Gasteiger partial charge in [0.05, 0.1) is 11.0 Å². The zero-order chi connectivity index (χ0) is 13.9. The SMILES string of the molecule is N/C(=N\O)c1ccccc1Sc1nc2ccccc2[nH]1. The average molecular weight is 284 g/mol. The number of nitrogens with one attached hydrogen (secondary N) is 1. The Labute approximate surface area is 119 Å². The summed E-state index contributed by atoms with van der Waals surface area (Å²) in [5, 5.41) is 12.6. The number of H-pyrrole nitrogens is 1. The Morgan fingerprint density at radius 3 is 2.70 bits per heavy atom. The standard InChI is InChI=1S/C14H12N4OS/c15-13(18-19)9-5-1-4-8-12(9)20-14-16-10-6-2-3-7-11(10)17-14/h1-8,19H,(H2,15,18)(H,16,17). The molecule has 0 atom stereocenters. The third kappa shape index (κ3) is 2.33. The molecule has 0 aliphatic carbocycles. The van der Waals surface area contributed by atoms with E-state index in [0.29, 0.717) is 5.56 Å². The Morgan fingerprint density at radius 2 is 1.90 bits per heavy atom. The third-order valence-electron chi connectivity index (χ3n) is 2.85. The largest absolute Gasteiger partial charge is 0.409 e. The van der Waals surface area contributed by atoms with E-state index >= 15 is 0 Å². The van der Waals surface area contributed by atoms with Gasteiger partial charge in [0.25, 0.3) is 0 Å². The highest BCUT2D eigenvalue weighted by molar-refractivity contribution is 7.99. The van der Waals surface area contributed by atoms with Crippen molar-refractivity contribution in [1.82, 2.24) is 9.97 Å². The van der Waals surface area contributed by atoms with Gasteiger partial charge < -0.3 is 15.9 Å². The van der Waals surface area contributed by atoms with Crippen molar-refractivity contribution in [2.45, 2.75) is 10.1 Å². The number of nitrogens with zero attached hydrogens (tertiary/aromatic N) is 2. The summed E-state index contributed by atoms with van der Waals surface area (Å²) in [6.07, 6.45) is 0. The van der Waals surface area contributed by atoms with Crippen LogP contribution >= 0.6 is 11.8 Å². The summed E-state index contributed by atoms with van der Waals surface area (Å²) in [4.78, 5) is 8.61. The molecule has 0 spiro atoms. The Bertz CT molecular complexity index is 748. The summed E-state index contributed by atoms with van der Waals surface area (Å²) < 4.78 is 0. The molecule has 0 unspecified atom stereocenters. The number of aromatic amines is 1. The Hall–Kier alpha value is -2.47. The number of amidine groups is 1. The van der Waals surface area contributed by atoms with Gasteiger partial charge in [0.2, 0.25) is 0 Å². The highest BCUT2D eigenvalue weighted by Gasteiger charge is 2.10. The van der Waals surface area contributed by atoms with E-state index in [0.717, 1.165) is 21.1 Å². The molecule has 2 aromatic carbocycles. The van der Waals surface area contributed by atoms with Crippen molar-refractivity contribution in [1.29, 1.82) is 0 Å². The molecule has 20 heavy (non-hydrogen) atoms. The average Bonchev–Trinajstić information content (AvgIpc) is 2.89. The zero-order valence-electron chi connectivity index (χ0n) is 10.4. The summed E-state index contributed by atoms with van der Waals surface area (Å²) in [6.45, 7) is 0. The summed E-state index contributed by atoms with van der Waals surface area (Å²) in [7, 11) is 0. The highest BCUT2D eigenvalue weighted by Crippen LogP contribution is 2.29. The van der Waals surface area contributed by atoms with Crippen LogP contribution in [0.4, 0.5) is 0 Å². The zero-order valence-corrected chi connectivity index (χ0v) is 11.3. The van der Waals surface area contributed by atoms with Crippen molar-refractivity contribution >= 4 is 28.6 Å². The second-order valence-electron chi connectivity index (χ2n) is 4.14. The molecule has 1 aromatic heterocycles. The number of rotatable bonds is 3. The maximum Gasteiger partial charge on any atom is 0.171 e. The molecule has 6 heteroatoms. The number of aromatic nitrogens is 2. The molecular formula is C14H12N4OS. The van der Waals surface area contributed by atoms with E-state index in [9.17, 15) is 0 Å². The minimum Gasteiger partial charge on any atom is -0.409 e. The molecule has 0 aliphatic rings. The maximum atomic E-state index is 8.82. The molecule has 4 N–H and O–H groups in total. The molecule has 100 valence electrons. The molecule has 0 saturated carbocycles. The molecule has 0 amide bonds. The van der Waals surface area contributed by atoms with E-state index in [1.807, 2.05) is 42.5 Å². The number of para-hydroxylation sites is 2. The van der Waals surface area contributed by atoms with E-state index in [1.165, 1.54) is 11.8 Å². The predicted octanol–water partition coefficient (Wildman–Crippen LogP) is 2.81. The van der Waals surface area contributed by atoms with Crippen LogP contribution in [0.1, 0.15) is 5.56 Å². The number of hydrogen-bond donors (Lipinski definition) is 3. The van der Waals surface area contributed by atoms with Crippen LogP contribution in [0.5, 0.6) is 0 Å². The van der Waals surface area contributed by atoms with E-state index in [1.54, 1.807) is 6.07 Å². The summed E-state index contributed by atoms with van der Waals surface area (Å²) in [5.41, 5.74) is 8.26. The van der Waals surface area contributed by atoms with Crippen molar-refractivity contribution in [3.8, 4) is 0 Å². The highest BCUT2D eigenvalue weighted by atomic mass is 32.2. The van der Waals surface area contributed by atoms with Gasteiger partial charge in [-0.05, 0) is 18.2 Å². The van der Waals surface area contributed by atoms with Gasteiger partial charge in [-0.15, -0.1) is 0 Å². The van der Waals surface area contributed by atoms with Crippen LogP contribution in [0.3, 0.4) is 0 Å². The van der Waals surface area contributed by atoms with Gasteiger partial charge in [-0.3, -0.25) is 0 Å². The van der Waals surface area contributed by atoms with Crippen molar-refractivity contribution < 1.29 is 5.21 Å². The minimum absolute atomic E-state index is 0.0872. The van der Waals surface area contributed by atoms with Gasteiger partial charge in [-0.2, -0.15) is 0 Å². The molecule has 3 aromatic rings. The monoisotopic (exact) mass is 284 g/mol. The number of oxime groups is 1. The van der Waals surface area contributed by atoms with Gasteiger partial charge in [0.15, 0.2) is 11.0 Å². The lowest BCUT2D eigenvalue weighted by Crippen LogP contribution is -2.14. The predicted molar refractivity (Wildman–Crippen MR) is 79.2 cm³/mol. The molecule has 0 bridgehead atoms. The smallest absolute Gasteiger partial charge is 0.171 e. The molecule has 0 aliphatic heterocycles. The summed E-state index contributed by atoms with van der Waals surface area (Å²) >= 11 is 1.45. The van der Waals surface area contributed by atoms with Crippen molar-refractivity contribution in [2.75, 3.05) is 0 Å². The van der Waals surface area contributed by atoms with Crippen molar-refractivity contribution in [2.24, 2.45) is 10.9 Å². The molecular weight excluding hydrogens is 272 g/mol. The van der Waals surface area contributed by atoms with Crippen LogP contribution in [0, 0.1) is 0 Å². The first-order valence-electron chi connectivity index (χ1n) is 5.97. The van der Waals surface area contributed by atoms with E-state index in [-0.39, 0.29) is 5.84 Å². The number of hydrogen-bond acceptors (Lipinski definition) is 4. The van der Waals surface area contributed by atoms with Crippen LogP contribution in [0.15, 0.2) is 63.7 Å². The molecule has 5 nitrogen and oxygen atoms in total. The fourth-order valence-electron chi connectivity index (χ4n) is 1.90. The topological polar surface area (TPSA) is 87.3 Å². The first-order valence-corrected chi connectivity index (χ1v) is 6.79. The van der Waals surface area contributed by atoms with Crippen molar-refractivity contribution in [3.63, 3.8) is 0 Å². The van der Waals surface area contributed by atoms with Gasteiger partial charge in [-0.25, -0.2) is 4.98 Å². The number of fused-ring (bicyclic) bond motifs is 1. The summed E-state index contributed by atoms with van der Waals surface area (Å²) in [6, 6.07) is 15.3. The van der Waals surface area contributed by atoms with Gasteiger partial charge in [0, 0.05) is 10.5 Å². The Morgan fingerprint density at radius 1 is 1.15 bits per heavy atom. The van der Waals surface area contributed by atoms with Crippen LogP contribution in [-0.2, 0) is 0 Å². The van der Waals surface area contributed by atoms with Gasteiger partial charge in [-0.1, -0.05) is 47.2 Å². The lowest BCUT2D eigenvalue weighted by atomic mass is 10.2. The normalized spacial score (nSPS) is 11.9. The fraction of sp³-hybridized carbons (Fsp3) is 0. The summed E-state index contributed by atoms with van der Waals surface area (Å²) in [5.74, 6) is 0.0872. The third-order valence-corrected chi connectivity index (χ3v) is 3.81. The second kappa shape index (κ2) is 5.26. The molecule has 0 radical (unpaired) electrons. The first-order chi connectivity index (χ1) is 9.78. The lowest BCUT2D eigenvalue weighted by Gasteiger charge is -2.05. The van der Waals surface area contributed by atoms with E-state index < -0.39 is 0 Å². The second-order valence-corrected chi connectivity index (χ2v) is 5.17. The van der Waals surface area contributed by atoms with Gasteiger partial charge >= 0.3 is 0 Å².